The largest absolute Gasteiger partial charge is 0.395 e. The van der Waals surface area contributed by atoms with Crippen LogP contribution in [0.25, 0.3) is 0 Å². The molecule has 1 aliphatic rings. The van der Waals surface area contributed by atoms with E-state index in [0.29, 0.717) is 0 Å². The van der Waals surface area contributed by atoms with Crippen molar-refractivity contribution in [2.24, 2.45) is 5.73 Å². The van der Waals surface area contributed by atoms with Gasteiger partial charge in [0, 0.05) is 12.1 Å². The van der Waals surface area contributed by atoms with Crippen molar-refractivity contribution in [3.8, 4) is 0 Å². The monoisotopic (exact) mass is 214 g/mol. The number of rotatable bonds is 5. The van der Waals surface area contributed by atoms with Crippen molar-refractivity contribution in [3.63, 3.8) is 0 Å². The first-order chi connectivity index (χ1) is 7.27. The lowest BCUT2D eigenvalue weighted by Gasteiger charge is -2.29. The van der Waals surface area contributed by atoms with Crippen molar-refractivity contribution in [1.82, 2.24) is 4.90 Å². The van der Waals surface area contributed by atoms with E-state index in [1.165, 1.54) is 38.6 Å². The van der Waals surface area contributed by atoms with Gasteiger partial charge in [-0.2, -0.15) is 0 Å². The lowest BCUT2D eigenvalue weighted by molar-refractivity contribution is 0.176. The van der Waals surface area contributed by atoms with Crippen molar-refractivity contribution in [1.29, 1.82) is 0 Å². The molecular formula is C12H26N2O. The van der Waals surface area contributed by atoms with Gasteiger partial charge in [-0.1, -0.05) is 19.8 Å². The Kier molecular flexibility index (Phi) is 6.22. The average Bonchev–Trinajstić information content (AvgIpc) is 2.50. The molecule has 2 atom stereocenters. The first-order valence-corrected chi connectivity index (χ1v) is 6.38. The molecule has 3 heteroatoms. The third-order valence-electron chi connectivity index (χ3n) is 3.49. The number of likely N-dealkylation sites (tertiary alicyclic amines) is 1. The summed E-state index contributed by atoms with van der Waals surface area (Å²) in [6, 6.07) is 0.712. The van der Waals surface area contributed by atoms with Crippen LogP contribution < -0.4 is 5.73 Å². The van der Waals surface area contributed by atoms with E-state index >= 15 is 0 Å². The molecule has 2 unspecified atom stereocenters. The van der Waals surface area contributed by atoms with E-state index in [1.54, 1.807) is 0 Å². The normalized spacial score (nSPS) is 26.2. The Hall–Kier alpha value is -0.120. The van der Waals surface area contributed by atoms with Gasteiger partial charge in [0.15, 0.2) is 0 Å². The van der Waals surface area contributed by atoms with Gasteiger partial charge in [0.05, 0.1) is 6.61 Å². The second-order valence-electron chi connectivity index (χ2n) is 4.68. The number of nitrogens with zero attached hydrogens (tertiary/aromatic N) is 1. The van der Waals surface area contributed by atoms with Gasteiger partial charge in [-0.15, -0.1) is 0 Å². The zero-order chi connectivity index (χ0) is 11.1. The smallest absolute Gasteiger partial charge is 0.0583 e. The van der Waals surface area contributed by atoms with E-state index in [1.807, 2.05) is 0 Å². The summed E-state index contributed by atoms with van der Waals surface area (Å²) in [5, 5.41) is 8.90. The Morgan fingerprint density at radius 1 is 1.40 bits per heavy atom. The summed E-state index contributed by atoms with van der Waals surface area (Å²) in [6.07, 6.45) is 7.58. The summed E-state index contributed by atoms with van der Waals surface area (Å²) >= 11 is 0. The van der Waals surface area contributed by atoms with Crippen LogP contribution in [0.4, 0.5) is 0 Å². The van der Waals surface area contributed by atoms with Crippen LogP contribution >= 0.6 is 0 Å². The quantitative estimate of drug-likeness (QED) is 0.726. The molecule has 0 radical (unpaired) electrons. The minimum Gasteiger partial charge on any atom is -0.395 e. The van der Waals surface area contributed by atoms with Gasteiger partial charge in [-0.25, -0.2) is 0 Å². The standard InChI is InChI=1S/C12H26N2O/c1-2-12-6-4-3-5-8-14(12)9-7-11(13)10-15/h11-12,15H,2-10,13H2,1H3. The van der Waals surface area contributed by atoms with Gasteiger partial charge in [0.1, 0.15) is 0 Å². The van der Waals surface area contributed by atoms with E-state index in [0.717, 1.165) is 19.0 Å². The number of aliphatic hydroxyl groups is 1. The molecule has 0 aliphatic carbocycles. The zero-order valence-electron chi connectivity index (χ0n) is 9.99. The molecule has 0 spiro atoms. The fourth-order valence-electron chi connectivity index (χ4n) is 2.42. The molecule has 1 fully saturated rings. The van der Waals surface area contributed by atoms with Gasteiger partial charge < -0.3 is 15.7 Å². The molecule has 0 aromatic rings. The molecule has 3 nitrogen and oxygen atoms in total. The maximum atomic E-state index is 8.90. The summed E-state index contributed by atoms with van der Waals surface area (Å²) in [4.78, 5) is 2.57. The van der Waals surface area contributed by atoms with Crippen LogP contribution in [-0.2, 0) is 0 Å². The van der Waals surface area contributed by atoms with Crippen LogP contribution in [-0.4, -0.2) is 41.8 Å². The summed E-state index contributed by atoms with van der Waals surface area (Å²) in [6.45, 7) is 4.66. The Bertz CT molecular complexity index is 164. The number of nitrogens with two attached hydrogens (primary N) is 1. The van der Waals surface area contributed by atoms with E-state index in [9.17, 15) is 0 Å². The molecule has 0 saturated carbocycles. The van der Waals surface area contributed by atoms with Crippen LogP contribution in [0, 0.1) is 0 Å². The van der Waals surface area contributed by atoms with Gasteiger partial charge >= 0.3 is 0 Å². The van der Waals surface area contributed by atoms with Crippen LogP contribution in [0.5, 0.6) is 0 Å². The molecular weight excluding hydrogens is 188 g/mol. The number of hydrogen-bond acceptors (Lipinski definition) is 3. The fourth-order valence-corrected chi connectivity index (χ4v) is 2.42. The van der Waals surface area contributed by atoms with Crippen molar-refractivity contribution >= 4 is 0 Å². The molecule has 15 heavy (non-hydrogen) atoms. The highest BCUT2D eigenvalue weighted by atomic mass is 16.3. The topological polar surface area (TPSA) is 49.5 Å². The van der Waals surface area contributed by atoms with Gasteiger partial charge in [-0.3, -0.25) is 0 Å². The minimum absolute atomic E-state index is 0.0363. The van der Waals surface area contributed by atoms with E-state index in [-0.39, 0.29) is 12.6 Å². The second kappa shape index (κ2) is 7.20. The number of hydrogen-bond donors (Lipinski definition) is 2. The van der Waals surface area contributed by atoms with Gasteiger partial charge in [0.2, 0.25) is 0 Å². The SMILES string of the molecule is CCC1CCCCCN1CCC(N)CO. The van der Waals surface area contributed by atoms with E-state index in [2.05, 4.69) is 11.8 Å². The molecule has 1 heterocycles. The van der Waals surface area contributed by atoms with Gasteiger partial charge in [0.25, 0.3) is 0 Å². The highest BCUT2D eigenvalue weighted by molar-refractivity contribution is 4.75. The Morgan fingerprint density at radius 3 is 2.87 bits per heavy atom. The Morgan fingerprint density at radius 2 is 2.20 bits per heavy atom. The molecule has 0 amide bonds. The van der Waals surface area contributed by atoms with Crippen LogP contribution in [0.1, 0.15) is 45.4 Å². The Labute approximate surface area is 93.6 Å². The molecule has 0 aromatic heterocycles. The van der Waals surface area contributed by atoms with Gasteiger partial charge in [-0.05, 0) is 38.8 Å². The predicted molar refractivity (Wildman–Crippen MR) is 63.8 cm³/mol. The molecule has 90 valence electrons. The first kappa shape index (κ1) is 12.9. The van der Waals surface area contributed by atoms with Crippen molar-refractivity contribution in [3.05, 3.63) is 0 Å². The first-order valence-electron chi connectivity index (χ1n) is 6.38. The van der Waals surface area contributed by atoms with Crippen molar-refractivity contribution in [2.75, 3.05) is 19.7 Å². The molecule has 0 bridgehead atoms. The predicted octanol–water partition coefficient (Wildman–Crippen LogP) is 1.35. The summed E-state index contributed by atoms with van der Waals surface area (Å²) < 4.78 is 0. The summed E-state index contributed by atoms with van der Waals surface area (Å²) in [5.41, 5.74) is 5.74. The van der Waals surface area contributed by atoms with E-state index in [4.69, 9.17) is 10.8 Å². The van der Waals surface area contributed by atoms with E-state index < -0.39 is 0 Å². The maximum absolute atomic E-state index is 8.90. The Balaban J connectivity index is 2.34. The molecule has 1 aliphatic heterocycles. The molecule has 1 rings (SSSR count). The lowest BCUT2D eigenvalue weighted by Crippen LogP contribution is -2.38. The summed E-state index contributed by atoms with van der Waals surface area (Å²) in [5.74, 6) is 0. The molecule has 1 saturated heterocycles. The van der Waals surface area contributed by atoms with Crippen LogP contribution in [0.2, 0.25) is 0 Å². The fraction of sp³-hybridized carbons (Fsp3) is 1.00. The summed E-state index contributed by atoms with van der Waals surface area (Å²) in [7, 11) is 0. The lowest BCUT2D eigenvalue weighted by atomic mass is 10.1. The third-order valence-corrected chi connectivity index (χ3v) is 3.49. The maximum Gasteiger partial charge on any atom is 0.0583 e. The molecule has 0 aromatic carbocycles. The second-order valence-corrected chi connectivity index (χ2v) is 4.68. The third kappa shape index (κ3) is 4.49. The molecule has 3 N–H and O–H groups in total. The van der Waals surface area contributed by atoms with Crippen LogP contribution in [0.3, 0.4) is 0 Å². The van der Waals surface area contributed by atoms with Crippen LogP contribution in [0.15, 0.2) is 0 Å². The number of aliphatic hydroxyl groups excluding tert-OH is 1. The minimum atomic E-state index is -0.0363. The highest BCUT2D eigenvalue weighted by Gasteiger charge is 2.19. The van der Waals surface area contributed by atoms with Crippen molar-refractivity contribution in [2.45, 2.75) is 57.5 Å². The average molecular weight is 214 g/mol. The zero-order valence-corrected chi connectivity index (χ0v) is 9.99. The van der Waals surface area contributed by atoms with Crippen molar-refractivity contribution < 1.29 is 5.11 Å². The highest BCUT2D eigenvalue weighted by Crippen LogP contribution is 2.19.